The molecule has 0 saturated heterocycles. The Morgan fingerprint density at radius 1 is 1.10 bits per heavy atom. The van der Waals surface area contributed by atoms with E-state index in [4.69, 9.17) is 0 Å². The number of nitrogens with zero attached hydrogens (tertiary/aromatic N) is 3. The van der Waals surface area contributed by atoms with Crippen molar-refractivity contribution < 1.29 is 4.79 Å². The highest BCUT2D eigenvalue weighted by molar-refractivity contribution is 9.10. The molecule has 5 nitrogen and oxygen atoms in total. The maximum absolute atomic E-state index is 12.6. The van der Waals surface area contributed by atoms with Gasteiger partial charge in [0.2, 0.25) is 5.91 Å². The van der Waals surface area contributed by atoms with Crippen molar-refractivity contribution in [2.45, 2.75) is 38.4 Å². The third-order valence-electron chi connectivity index (χ3n) is 4.38. The number of anilines is 1. The molecule has 0 atom stereocenters. The first-order chi connectivity index (χ1) is 13.9. The van der Waals surface area contributed by atoms with E-state index in [1.54, 1.807) is 0 Å². The van der Waals surface area contributed by atoms with Crippen LogP contribution in [-0.4, -0.2) is 26.4 Å². The Kier molecular flexibility index (Phi) is 7.54. The van der Waals surface area contributed by atoms with Gasteiger partial charge in [0, 0.05) is 26.7 Å². The summed E-state index contributed by atoms with van der Waals surface area (Å²) in [5.74, 6) is 1.33. The molecule has 0 fully saturated rings. The van der Waals surface area contributed by atoms with Gasteiger partial charge in [0.1, 0.15) is 0 Å². The molecule has 0 unspecified atom stereocenters. The second-order valence-electron chi connectivity index (χ2n) is 6.78. The third-order valence-corrected chi connectivity index (χ3v) is 6.37. The highest BCUT2D eigenvalue weighted by Crippen LogP contribution is 2.29. The molecule has 29 heavy (non-hydrogen) atoms. The molecule has 0 aliphatic carbocycles. The smallest absolute Gasteiger partial charge is 0.234 e. The number of aromatic nitrogens is 3. The Hall–Kier alpha value is -1.64. The third kappa shape index (κ3) is 5.49. The van der Waals surface area contributed by atoms with Crippen LogP contribution in [0.5, 0.6) is 0 Å². The number of halogens is 2. The molecule has 1 amide bonds. The van der Waals surface area contributed by atoms with Gasteiger partial charge in [-0.1, -0.05) is 69.6 Å². The monoisotopic (exact) mass is 536 g/mol. The van der Waals surface area contributed by atoms with Gasteiger partial charge in [0.05, 0.1) is 5.75 Å². The Morgan fingerprint density at radius 3 is 2.45 bits per heavy atom. The summed E-state index contributed by atoms with van der Waals surface area (Å²) >= 11 is 8.34. The van der Waals surface area contributed by atoms with Crippen LogP contribution in [0.2, 0.25) is 0 Å². The minimum absolute atomic E-state index is 0.0601. The summed E-state index contributed by atoms with van der Waals surface area (Å²) in [6, 6.07) is 13.9. The molecular formula is C21H22Br2N4OS. The van der Waals surface area contributed by atoms with E-state index in [0.717, 1.165) is 43.3 Å². The Morgan fingerprint density at radius 2 is 1.79 bits per heavy atom. The maximum atomic E-state index is 12.6. The van der Waals surface area contributed by atoms with Gasteiger partial charge >= 0.3 is 0 Å². The zero-order chi connectivity index (χ0) is 21.0. The van der Waals surface area contributed by atoms with Crippen molar-refractivity contribution in [3.8, 4) is 11.4 Å². The minimum atomic E-state index is -0.0601. The number of benzene rings is 2. The van der Waals surface area contributed by atoms with Crippen LogP contribution in [0.15, 0.2) is 56.6 Å². The predicted molar refractivity (Wildman–Crippen MR) is 126 cm³/mol. The number of nitrogens with one attached hydrogen (secondary N) is 1. The minimum Gasteiger partial charge on any atom is -0.325 e. The van der Waals surface area contributed by atoms with E-state index in [1.807, 2.05) is 54.0 Å². The molecule has 3 aromatic rings. The molecule has 3 rings (SSSR count). The van der Waals surface area contributed by atoms with Gasteiger partial charge in [-0.3, -0.25) is 4.79 Å². The average Bonchev–Trinajstić information content (AvgIpc) is 3.11. The van der Waals surface area contributed by atoms with Gasteiger partial charge in [0.15, 0.2) is 11.0 Å². The summed E-state index contributed by atoms with van der Waals surface area (Å²) in [7, 11) is 0. The van der Waals surface area contributed by atoms with Crippen molar-refractivity contribution in [3.05, 3.63) is 57.0 Å². The lowest BCUT2D eigenvalue weighted by Crippen LogP contribution is -2.16. The molecule has 0 aliphatic rings. The molecule has 0 aliphatic heterocycles. The zero-order valence-electron chi connectivity index (χ0n) is 16.4. The van der Waals surface area contributed by atoms with Gasteiger partial charge in [-0.25, -0.2) is 0 Å². The van der Waals surface area contributed by atoms with Crippen LogP contribution in [-0.2, 0) is 11.3 Å². The second kappa shape index (κ2) is 9.91. The lowest BCUT2D eigenvalue weighted by atomic mass is 10.0. The normalized spacial score (nSPS) is 11.1. The van der Waals surface area contributed by atoms with Crippen LogP contribution in [0.3, 0.4) is 0 Å². The summed E-state index contributed by atoms with van der Waals surface area (Å²) in [5, 5.41) is 12.4. The fraction of sp³-hybridized carbons (Fsp3) is 0.286. The molecule has 2 aromatic carbocycles. The Bertz CT molecular complexity index is 1000. The highest BCUT2D eigenvalue weighted by Gasteiger charge is 2.16. The molecule has 0 bridgehead atoms. The van der Waals surface area contributed by atoms with Crippen LogP contribution in [0.25, 0.3) is 11.4 Å². The van der Waals surface area contributed by atoms with Gasteiger partial charge in [-0.05, 0) is 48.7 Å². The standard InChI is InChI=1S/C21H22Br2N4OS/c1-4-27-20(14-5-7-15(22)8-6-14)25-26-21(27)29-12-19(28)24-18-10-9-16(23)11-17(18)13(2)3/h5-11,13H,4,12H2,1-3H3,(H,24,28). The maximum Gasteiger partial charge on any atom is 0.234 e. The Labute approximate surface area is 191 Å². The van der Waals surface area contributed by atoms with Crippen molar-refractivity contribution in [3.63, 3.8) is 0 Å². The van der Waals surface area contributed by atoms with Gasteiger partial charge in [-0.2, -0.15) is 0 Å². The average molecular weight is 538 g/mol. The van der Waals surface area contributed by atoms with Crippen LogP contribution < -0.4 is 5.32 Å². The first kappa shape index (κ1) is 22.1. The van der Waals surface area contributed by atoms with Crippen LogP contribution in [0.1, 0.15) is 32.3 Å². The van der Waals surface area contributed by atoms with Crippen LogP contribution in [0, 0.1) is 0 Å². The van der Waals surface area contributed by atoms with Gasteiger partial charge in [-0.15, -0.1) is 10.2 Å². The number of thioether (sulfide) groups is 1. The van der Waals surface area contributed by atoms with Crippen LogP contribution in [0.4, 0.5) is 5.69 Å². The van der Waals surface area contributed by atoms with Crippen molar-refractivity contribution >= 4 is 55.2 Å². The van der Waals surface area contributed by atoms with E-state index in [1.165, 1.54) is 11.8 Å². The summed E-state index contributed by atoms with van der Waals surface area (Å²) in [5.41, 5.74) is 2.95. The fourth-order valence-electron chi connectivity index (χ4n) is 2.93. The van der Waals surface area contributed by atoms with Gasteiger partial charge in [0.25, 0.3) is 0 Å². The quantitative estimate of drug-likeness (QED) is 0.357. The zero-order valence-corrected chi connectivity index (χ0v) is 20.4. The highest BCUT2D eigenvalue weighted by atomic mass is 79.9. The molecule has 0 spiro atoms. The van der Waals surface area contributed by atoms with E-state index in [2.05, 4.69) is 61.2 Å². The summed E-state index contributed by atoms with van der Waals surface area (Å²) in [6.07, 6.45) is 0. The van der Waals surface area contributed by atoms with Crippen molar-refractivity contribution in [1.29, 1.82) is 0 Å². The Balaban J connectivity index is 1.70. The van der Waals surface area contributed by atoms with E-state index in [0.29, 0.717) is 5.92 Å². The second-order valence-corrected chi connectivity index (χ2v) is 9.55. The van der Waals surface area contributed by atoms with E-state index in [9.17, 15) is 4.79 Å². The summed E-state index contributed by atoms with van der Waals surface area (Å²) in [6.45, 7) is 7.00. The molecule has 0 saturated carbocycles. The number of carbonyl (C=O) groups excluding carboxylic acids is 1. The van der Waals surface area contributed by atoms with Crippen LogP contribution >= 0.6 is 43.6 Å². The number of hydrogen-bond acceptors (Lipinski definition) is 4. The molecule has 1 N–H and O–H groups in total. The topological polar surface area (TPSA) is 59.8 Å². The fourth-order valence-corrected chi connectivity index (χ4v) is 4.38. The van der Waals surface area contributed by atoms with Gasteiger partial charge < -0.3 is 9.88 Å². The molecule has 1 aromatic heterocycles. The van der Waals surface area contributed by atoms with E-state index in [-0.39, 0.29) is 11.7 Å². The van der Waals surface area contributed by atoms with Crippen molar-refractivity contribution in [2.24, 2.45) is 0 Å². The molecule has 152 valence electrons. The largest absolute Gasteiger partial charge is 0.325 e. The molecular weight excluding hydrogens is 516 g/mol. The molecule has 1 heterocycles. The number of rotatable bonds is 7. The summed E-state index contributed by atoms with van der Waals surface area (Å²) < 4.78 is 4.05. The molecule has 8 heteroatoms. The lowest BCUT2D eigenvalue weighted by Gasteiger charge is -2.14. The first-order valence-corrected chi connectivity index (χ1v) is 11.9. The van der Waals surface area contributed by atoms with E-state index < -0.39 is 0 Å². The SMILES string of the molecule is CCn1c(SCC(=O)Nc2ccc(Br)cc2C(C)C)nnc1-c1ccc(Br)cc1. The summed E-state index contributed by atoms with van der Waals surface area (Å²) in [4.78, 5) is 12.6. The van der Waals surface area contributed by atoms with Crippen molar-refractivity contribution in [1.82, 2.24) is 14.8 Å². The number of amides is 1. The van der Waals surface area contributed by atoms with E-state index >= 15 is 0 Å². The molecule has 0 radical (unpaired) electrons. The van der Waals surface area contributed by atoms with Crippen molar-refractivity contribution in [2.75, 3.05) is 11.1 Å². The lowest BCUT2D eigenvalue weighted by molar-refractivity contribution is -0.113. The predicted octanol–water partition coefficient (Wildman–Crippen LogP) is 6.34. The number of carbonyl (C=O) groups is 1. The number of hydrogen-bond donors (Lipinski definition) is 1. The first-order valence-electron chi connectivity index (χ1n) is 9.30.